The second-order valence-electron chi connectivity index (χ2n) is 5.25. The van der Waals surface area contributed by atoms with E-state index < -0.39 is 0 Å². The van der Waals surface area contributed by atoms with Gasteiger partial charge in [-0.3, -0.25) is 4.79 Å². The molecule has 0 fully saturated rings. The average Bonchev–Trinajstić information content (AvgIpc) is 2.54. The summed E-state index contributed by atoms with van der Waals surface area (Å²) in [6.45, 7) is 1.93. The lowest BCUT2D eigenvalue weighted by atomic mass is 10.0. The Bertz CT molecular complexity index is 830. The average molecular weight is 292 g/mol. The first-order valence-electron chi connectivity index (χ1n) is 7.12. The van der Waals surface area contributed by atoms with E-state index in [-0.39, 0.29) is 11.9 Å². The molecule has 3 rings (SSSR count). The van der Waals surface area contributed by atoms with Gasteiger partial charge in [-0.15, -0.1) is 0 Å². The van der Waals surface area contributed by atoms with E-state index in [9.17, 15) is 10.0 Å². The molecule has 4 heteroatoms. The van der Waals surface area contributed by atoms with E-state index in [1.54, 1.807) is 12.1 Å². The summed E-state index contributed by atoms with van der Waals surface area (Å²) in [6.07, 6.45) is 2.62. The summed E-state index contributed by atoms with van der Waals surface area (Å²) in [6, 6.07) is 17.3. The van der Waals surface area contributed by atoms with E-state index >= 15 is 0 Å². The number of hydrogen-bond acceptors (Lipinski definition) is 2. The number of benzene rings is 2. The van der Waals surface area contributed by atoms with E-state index in [1.165, 1.54) is 17.8 Å². The molecule has 1 N–H and O–H groups in total. The second kappa shape index (κ2) is 5.85. The molecule has 3 aromatic rings. The molecule has 0 saturated heterocycles. The summed E-state index contributed by atoms with van der Waals surface area (Å²) in [5, 5.41) is 16.5. The lowest BCUT2D eigenvalue weighted by Gasteiger charge is -2.15. The van der Waals surface area contributed by atoms with Gasteiger partial charge in [0.15, 0.2) is 12.4 Å². The van der Waals surface area contributed by atoms with Crippen LogP contribution in [0.3, 0.4) is 0 Å². The predicted octanol–water partition coefficient (Wildman–Crippen LogP) is 2.96. The highest BCUT2D eigenvalue weighted by molar-refractivity contribution is 5.94. The summed E-state index contributed by atoms with van der Waals surface area (Å²) in [4.78, 5) is 12.2. The van der Waals surface area contributed by atoms with Crippen LogP contribution < -0.4 is 10.0 Å². The van der Waals surface area contributed by atoms with Crippen LogP contribution in [0.5, 0.6) is 0 Å². The molecule has 2 aromatic carbocycles. The molecule has 0 spiro atoms. The Labute approximate surface area is 128 Å². The Morgan fingerprint density at radius 2 is 1.86 bits per heavy atom. The molecule has 1 aromatic heterocycles. The Hall–Kier alpha value is -2.88. The fourth-order valence-electron chi connectivity index (χ4n) is 2.43. The topological polar surface area (TPSA) is 56.0 Å². The van der Waals surface area contributed by atoms with Gasteiger partial charge in [0.05, 0.1) is 6.04 Å². The molecule has 0 aliphatic carbocycles. The van der Waals surface area contributed by atoms with Crippen molar-refractivity contribution in [2.45, 2.75) is 13.0 Å². The normalized spacial score (nSPS) is 12.0. The predicted molar refractivity (Wildman–Crippen MR) is 85.2 cm³/mol. The fourth-order valence-corrected chi connectivity index (χ4v) is 2.43. The zero-order valence-electron chi connectivity index (χ0n) is 12.2. The maximum Gasteiger partial charge on any atom is 0.257 e. The van der Waals surface area contributed by atoms with Crippen molar-refractivity contribution in [1.29, 1.82) is 0 Å². The molecule has 0 aliphatic rings. The third-order valence-corrected chi connectivity index (χ3v) is 3.66. The second-order valence-corrected chi connectivity index (χ2v) is 5.25. The van der Waals surface area contributed by atoms with E-state index in [0.29, 0.717) is 10.3 Å². The van der Waals surface area contributed by atoms with Gasteiger partial charge < -0.3 is 10.5 Å². The SMILES string of the molecule is C[C@H](NC(=O)c1ccc[n+]([O-])c1)c1ccc2ccccc2c1. The number of amides is 1. The molecule has 0 saturated carbocycles. The largest absolute Gasteiger partial charge is 0.619 e. The molecule has 1 heterocycles. The van der Waals surface area contributed by atoms with Crippen LogP contribution in [0, 0.1) is 5.21 Å². The van der Waals surface area contributed by atoms with Crippen LogP contribution in [0.15, 0.2) is 67.0 Å². The number of aromatic nitrogens is 1. The number of nitrogens with zero attached hydrogens (tertiary/aromatic N) is 1. The fraction of sp³-hybridized carbons (Fsp3) is 0.111. The molecular formula is C18H16N2O2. The highest BCUT2D eigenvalue weighted by Crippen LogP contribution is 2.20. The van der Waals surface area contributed by atoms with Gasteiger partial charge in [-0.1, -0.05) is 36.4 Å². The van der Waals surface area contributed by atoms with Crippen molar-refractivity contribution < 1.29 is 9.52 Å². The molecule has 110 valence electrons. The van der Waals surface area contributed by atoms with Crippen molar-refractivity contribution in [2.75, 3.05) is 0 Å². The molecule has 0 unspecified atom stereocenters. The van der Waals surface area contributed by atoms with Gasteiger partial charge in [-0.05, 0) is 35.4 Å². The van der Waals surface area contributed by atoms with Crippen molar-refractivity contribution in [2.24, 2.45) is 0 Å². The maximum atomic E-state index is 12.2. The maximum absolute atomic E-state index is 12.2. The Morgan fingerprint density at radius 3 is 2.64 bits per heavy atom. The third kappa shape index (κ3) is 2.91. The molecule has 22 heavy (non-hydrogen) atoms. The number of carbonyl (C=O) groups excluding carboxylic acids is 1. The van der Waals surface area contributed by atoms with E-state index in [1.807, 2.05) is 37.3 Å². The number of hydrogen-bond donors (Lipinski definition) is 1. The number of carbonyl (C=O) groups is 1. The summed E-state index contributed by atoms with van der Waals surface area (Å²) >= 11 is 0. The lowest BCUT2D eigenvalue weighted by Crippen LogP contribution is -2.31. The number of fused-ring (bicyclic) bond motifs is 1. The minimum absolute atomic E-state index is 0.141. The van der Waals surface area contributed by atoms with Crippen LogP contribution in [0.25, 0.3) is 10.8 Å². The number of pyridine rings is 1. The van der Waals surface area contributed by atoms with Crippen LogP contribution in [0.4, 0.5) is 0 Å². The monoisotopic (exact) mass is 292 g/mol. The van der Waals surface area contributed by atoms with Gasteiger partial charge in [0.25, 0.3) is 5.91 Å². The van der Waals surface area contributed by atoms with Crippen molar-refractivity contribution >= 4 is 16.7 Å². The first-order valence-corrected chi connectivity index (χ1v) is 7.12. The van der Waals surface area contributed by atoms with Gasteiger partial charge in [-0.2, -0.15) is 4.73 Å². The Morgan fingerprint density at radius 1 is 1.09 bits per heavy atom. The quantitative estimate of drug-likeness (QED) is 0.596. The van der Waals surface area contributed by atoms with Crippen LogP contribution in [0.2, 0.25) is 0 Å². The standard InChI is InChI=1S/C18H16N2O2/c1-13(19-18(21)17-7-4-10-20(22)12-17)15-9-8-14-5-2-3-6-16(14)11-15/h2-13H,1H3,(H,19,21)/t13-/m0/s1. The molecule has 0 bridgehead atoms. The van der Waals surface area contributed by atoms with Gasteiger partial charge >= 0.3 is 0 Å². The molecule has 0 aliphatic heterocycles. The molecule has 1 atom stereocenters. The summed E-state index contributed by atoms with van der Waals surface area (Å²) in [5.74, 6) is -0.258. The van der Waals surface area contributed by atoms with Crippen LogP contribution in [-0.4, -0.2) is 5.91 Å². The van der Waals surface area contributed by atoms with Crippen molar-refractivity contribution in [3.05, 3.63) is 83.3 Å². The van der Waals surface area contributed by atoms with Crippen molar-refractivity contribution in [3.8, 4) is 0 Å². The van der Waals surface area contributed by atoms with Gasteiger partial charge in [-0.25, -0.2) is 0 Å². The highest BCUT2D eigenvalue weighted by atomic mass is 16.5. The summed E-state index contributed by atoms with van der Waals surface area (Å²) in [5.41, 5.74) is 1.38. The number of rotatable bonds is 3. The molecule has 4 nitrogen and oxygen atoms in total. The van der Waals surface area contributed by atoms with Crippen LogP contribution in [0.1, 0.15) is 28.9 Å². The Balaban J connectivity index is 1.80. The zero-order valence-corrected chi connectivity index (χ0v) is 12.2. The minimum Gasteiger partial charge on any atom is -0.619 e. The smallest absolute Gasteiger partial charge is 0.257 e. The van der Waals surface area contributed by atoms with Crippen LogP contribution in [-0.2, 0) is 0 Å². The summed E-state index contributed by atoms with van der Waals surface area (Å²) < 4.78 is 0.621. The third-order valence-electron chi connectivity index (χ3n) is 3.66. The number of nitrogens with one attached hydrogen (secondary N) is 1. The minimum atomic E-state index is -0.258. The van der Waals surface area contributed by atoms with Crippen LogP contribution >= 0.6 is 0 Å². The molecule has 1 amide bonds. The lowest BCUT2D eigenvalue weighted by molar-refractivity contribution is -0.605. The van der Waals surface area contributed by atoms with E-state index in [2.05, 4.69) is 17.4 Å². The van der Waals surface area contributed by atoms with Crippen molar-refractivity contribution in [3.63, 3.8) is 0 Å². The highest BCUT2D eigenvalue weighted by Gasteiger charge is 2.13. The van der Waals surface area contributed by atoms with Gasteiger partial charge in [0.1, 0.15) is 5.56 Å². The Kier molecular flexibility index (Phi) is 3.74. The van der Waals surface area contributed by atoms with Crippen molar-refractivity contribution in [1.82, 2.24) is 5.32 Å². The first kappa shape index (κ1) is 14.1. The molecule has 0 radical (unpaired) electrons. The first-order chi connectivity index (χ1) is 10.6. The van der Waals surface area contributed by atoms with Gasteiger partial charge in [0.2, 0.25) is 0 Å². The summed E-state index contributed by atoms with van der Waals surface area (Å²) in [7, 11) is 0. The van der Waals surface area contributed by atoms with E-state index in [0.717, 1.165) is 10.9 Å². The van der Waals surface area contributed by atoms with Gasteiger partial charge in [0, 0.05) is 6.07 Å². The van der Waals surface area contributed by atoms with E-state index in [4.69, 9.17) is 0 Å². The zero-order chi connectivity index (χ0) is 15.5. The molecular weight excluding hydrogens is 276 g/mol.